The molecule has 4 rings (SSSR count). The number of hydrogen-bond donors (Lipinski definition) is 2. The molecular formula is C24H19ClN2O5. The number of pyridine rings is 1. The smallest absolute Gasteiger partial charge is 0.296 e. The summed E-state index contributed by atoms with van der Waals surface area (Å²) in [6.45, 7) is 0.0475. The number of benzene rings is 2. The Hall–Kier alpha value is -3.84. The number of methoxy groups -OCH3 is 1. The van der Waals surface area contributed by atoms with Crippen LogP contribution in [-0.4, -0.2) is 38.9 Å². The van der Waals surface area contributed by atoms with E-state index in [2.05, 4.69) is 4.98 Å². The summed E-state index contributed by atoms with van der Waals surface area (Å²) < 4.78 is 5.14. The molecule has 0 saturated carbocycles. The van der Waals surface area contributed by atoms with E-state index in [9.17, 15) is 19.8 Å². The Morgan fingerprint density at radius 3 is 2.59 bits per heavy atom. The number of Topliss-reactive ketones (excluding diaryl/α,β-unsaturated/α-hetero) is 1. The molecule has 0 aliphatic carbocycles. The van der Waals surface area contributed by atoms with E-state index in [4.69, 9.17) is 16.3 Å². The summed E-state index contributed by atoms with van der Waals surface area (Å²) in [4.78, 5) is 31.6. The summed E-state index contributed by atoms with van der Waals surface area (Å²) in [6.07, 6.45) is 1.59. The summed E-state index contributed by atoms with van der Waals surface area (Å²) in [5, 5.41) is 21.3. The third-order valence-electron chi connectivity index (χ3n) is 5.21. The van der Waals surface area contributed by atoms with Gasteiger partial charge in [-0.3, -0.25) is 14.6 Å². The summed E-state index contributed by atoms with van der Waals surface area (Å²) in [5.74, 6) is -1.60. The number of nitrogens with zero attached hydrogens (tertiary/aromatic N) is 2. The normalized spacial score (nSPS) is 17.6. The Morgan fingerprint density at radius 2 is 1.94 bits per heavy atom. The summed E-state index contributed by atoms with van der Waals surface area (Å²) in [5.41, 5.74) is 1.21. The molecule has 1 saturated heterocycles. The molecular weight excluding hydrogens is 432 g/mol. The van der Waals surface area contributed by atoms with Gasteiger partial charge >= 0.3 is 0 Å². The third-order valence-corrected chi connectivity index (χ3v) is 5.50. The molecule has 0 radical (unpaired) electrons. The van der Waals surface area contributed by atoms with Crippen molar-refractivity contribution in [2.45, 2.75) is 12.6 Å². The van der Waals surface area contributed by atoms with E-state index in [-0.39, 0.29) is 34.2 Å². The lowest BCUT2D eigenvalue weighted by Crippen LogP contribution is -2.29. The van der Waals surface area contributed by atoms with Crippen molar-refractivity contribution in [2.75, 3.05) is 7.11 Å². The molecule has 32 heavy (non-hydrogen) atoms. The minimum atomic E-state index is -0.926. The number of amides is 1. The summed E-state index contributed by atoms with van der Waals surface area (Å²) in [7, 11) is 1.46. The average molecular weight is 451 g/mol. The highest BCUT2D eigenvalue weighted by molar-refractivity contribution is 6.46. The number of aromatic nitrogens is 1. The summed E-state index contributed by atoms with van der Waals surface area (Å²) in [6, 6.07) is 15.1. The van der Waals surface area contributed by atoms with E-state index in [0.29, 0.717) is 17.0 Å². The van der Waals surface area contributed by atoms with Crippen LogP contribution in [0.2, 0.25) is 5.02 Å². The number of rotatable bonds is 5. The molecule has 1 fully saturated rings. The molecule has 2 N–H and O–H groups in total. The maximum Gasteiger partial charge on any atom is 0.296 e. The SMILES string of the molecule is COc1ccc(/C(O)=C2/C(=O)C(=O)N(Cc3ccccn3)C2c2cccc(O)c2)cc1Cl. The monoisotopic (exact) mass is 450 g/mol. The highest BCUT2D eigenvalue weighted by Gasteiger charge is 2.46. The molecule has 1 aliphatic rings. The first-order valence-electron chi connectivity index (χ1n) is 9.72. The first-order valence-corrected chi connectivity index (χ1v) is 10.1. The second-order valence-electron chi connectivity index (χ2n) is 7.19. The number of ketones is 1. The van der Waals surface area contributed by atoms with Crippen LogP contribution in [0.5, 0.6) is 11.5 Å². The van der Waals surface area contributed by atoms with Crippen molar-refractivity contribution in [3.63, 3.8) is 0 Å². The van der Waals surface area contributed by atoms with Crippen LogP contribution in [0.15, 0.2) is 72.4 Å². The minimum Gasteiger partial charge on any atom is -0.508 e. The zero-order valence-electron chi connectivity index (χ0n) is 17.0. The van der Waals surface area contributed by atoms with E-state index < -0.39 is 17.7 Å². The Kier molecular flexibility index (Phi) is 5.83. The van der Waals surface area contributed by atoms with Crippen molar-refractivity contribution < 1.29 is 24.5 Å². The number of hydrogen-bond acceptors (Lipinski definition) is 6. The van der Waals surface area contributed by atoms with Gasteiger partial charge in [0.2, 0.25) is 0 Å². The number of phenols is 1. The van der Waals surface area contributed by atoms with E-state index >= 15 is 0 Å². The van der Waals surface area contributed by atoms with Crippen LogP contribution in [0, 0.1) is 0 Å². The molecule has 8 heteroatoms. The van der Waals surface area contributed by atoms with E-state index in [0.717, 1.165) is 0 Å². The molecule has 1 aromatic heterocycles. The first-order chi connectivity index (χ1) is 15.4. The number of halogens is 1. The lowest BCUT2D eigenvalue weighted by Gasteiger charge is -2.25. The Balaban J connectivity index is 1.87. The van der Waals surface area contributed by atoms with Crippen LogP contribution in [0.1, 0.15) is 22.9 Å². The fourth-order valence-electron chi connectivity index (χ4n) is 3.72. The Morgan fingerprint density at radius 1 is 1.12 bits per heavy atom. The number of likely N-dealkylation sites (tertiary alicyclic amines) is 1. The maximum atomic E-state index is 13.0. The lowest BCUT2D eigenvalue weighted by molar-refractivity contribution is -0.140. The molecule has 2 aromatic carbocycles. The largest absolute Gasteiger partial charge is 0.508 e. The van der Waals surface area contributed by atoms with Crippen molar-refractivity contribution in [1.29, 1.82) is 0 Å². The second kappa shape index (κ2) is 8.72. The number of ether oxygens (including phenoxy) is 1. The predicted octanol–water partition coefficient (Wildman–Crippen LogP) is 4.07. The van der Waals surface area contributed by atoms with Gasteiger partial charge < -0.3 is 19.8 Å². The Bertz CT molecular complexity index is 1230. The van der Waals surface area contributed by atoms with Gasteiger partial charge in [0.25, 0.3) is 11.7 Å². The third kappa shape index (κ3) is 3.90. The number of aromatic hydroxyl groups is 1. The molecule has 7 nitrogen and oxygen atoms in total. The predicted molar refractivity (Wildman–Crippen MR) is 118 cm³/mol. The van der Waals surface area contributed by atoms with Crippen molar-refractivity contribution in [1.82, 2.24) is 9.88 Å². The number of aliphatic hydroxyl groups excluding tert-OH is 1. The van der Waals surface area contributed by atoms with Crippen LogP contribution < -0.4 is 4.74 Å². The molecule has 2 heterocycles. The summed E-state index contributed by atoms with van der Waals surface area (Å²) >= 11 is 6.19. The zero-order valence-corrected chi connectivity index (χ0v) is 17.8. The van der Waals surface area contributed by atoms with E-state index in [1.807, 2.05) is 0 Å². The van der Waals surface area contributed by atoms with Crippen LogP contribution in [-0.2, 0) is 16.1 Å². The second-order valence-corrected chi connectivity index (χ2v) is 7.60. The van der Waals surface area contributed by atoms with Crippen LogP contribution in [0.25, 0.3) is 5.76 Å². The lowest BCUT2D eigenvalue weighted by atomic mass is 9.95. The van der Waals surface area contributed by atoms with E-state index in [1.165, 1.54) is 30.2 Å². The van der Waals surface area contributed by atoms with Gasteiger partial charge in [0, 0.05) is 11.8 Å². The highest BCUT2D eigenvalue weighted by Crippen LogP contribution is 2.41. The van der Waals surface area contributed by atoms with Crippen molar-refractivity contribution >= 4 is 29.1 Å². The van der Waals surface area contributed by atoms with Gasteiger partial charge in [-0.25, -0.2) is 0 Å². The van der Waals surface area contributed by atoms with Crippen LogP contribution in [0.4, 0.5) is 0 Å². The van der Waals surface area contributed by atoms with Gasteiger partial charge in [-0.1, -0.05) is 29.8 Å². The Labute approximate surface area is 189 Å². The average Bonchev–Trinajstić information content (AvgIpc) is 3.04. The van der Waals surface area contributed by atoms with Crippen molar-refractivity contribution in [2.24, 2.45) is 0 Å². The van der Waals surface area contributed by atoms with Gasteiger partial charge in [0.05, 0.1) is 36.0 Å². The fraction of sp³-hybridized carbons (Fsp3) is 0.125. The molecule has 3 aromatic rings. The quantitative estimate of drug-likeness (QED) is 0.345. The number of carbonyl (C=O) groups is 2. The molecule has 1 aliphatic heterocycles. The maximum absolute atomic E-state index is 13.0. The number of phenolic OH excluding ortho intramolecular Hbond substituents is 1. The van der Waals surface area contributed by atoms with Gasteiger partial charge in [0.1, 0.15) is 17.3 Å². The topological polar surface area (TPSA) is 100.0 Å². The van der Waals surface area contributed by atoms with Crippen LogP contribution in [0.3, 0.4) is 0 Å². The van der Waals surface area contributed by atoms with Gasteiger partial charge in [0.15, 0.2) is 0 Å². The van der Waals surface area contributed by atoms with Gasteiger partial charge in [-0.2, -0.15) is 0 Å². The van der Waals surface area contributed by atoms with E-state index in [1.54, 1.807) is 48.7 Å². The molecule has 1 amide bonds. The molecule has 0 spiro atoms. The first kappa shape index (κ1) is 21.4. The fourth-order valence-corrected chi connectivity index (χ4v) is 3.98. The molecule has 0 bridgehead atoms. The highest BCUT2D eigenvalue weighted by atomic mass is 35.5. The van der Waals surface area contributed by atoms with Gasteiger partial charge in [-0.15, -0.1) is 0 Å². The van der Waals surface area contributed by atoms with Gasteiger partial charge in [-0.05, 0) is 48.0 Å². The zero-order chi connectivity index (χ0) is 22.8. The van der Waals surface area contributed by atoms with Crippen molar-refractivity contribution in [3.8, 4) is 11.5 Å². The van der Waals surface area contributed by atoms with Crippen LogP contribution >= 0.6 is 11.6 Å². The standard InChI is InChI=1S/C24H19ClN2O5/c1-32-19-9-8-15(12-18(19)25)22(29)20-21(14-5-4-7-17(28)11-14)27(24(31)23(20)30)13-16-6-2-3-10-26-16/h2-12,21,28-29H,13H2,1H3/b22-20-. The molecule has 1 unspecified atom stereocenters. The number of aliphatic hydroxyl groups is 1. The molecule has 162 valence electrons. The molecule has 1 atom stereocenters. The number of carbonyl (C=O) groups excluding carboxylic acids is 2. The van der Waals surface area contributed by atoms with Crippen molar-refractivity contribution in [3.05, 3.63) is 94.3 Å². The minimum absolute atomic E-state index is 0.0292.